The summed E-state index contributed by atoms with van der Waals surface area (Å²) in [6.45, 7) is 4.73. The summed E-state index contributed by atoms with van der Waals surface area (Å²) in [4.78, 5) is 37.1. The Morgan fingerprint density at radius 2 is 0.885 bits per heavy atom. The first kappa shape index (κ1) is 58.5. The third-order valence-electron chi connectivity index (χ3n) is 10.9. The highest BCUT2D eigenvalue weighted by atomic mass is 16.7. The molecule has 9 nitrogen and oxygen atoms in total. The number of carboxylic acids is 1. The Morgan fingerprint density at radius 1 is 0.492 bits per heavy atom. The highest BCUT2D eigenvalue weighted by Gasteiger charge is 2.22. The zero-order valence-corrected chi connectivity index (χ0v) is 40.3. The van der Waals surface area contributed by atoms with Gasteiger partial charge in [0.15, 0.2) is 12.4 Å². The molecule has 0 saturated carbocycles. The quantitative estimate of drug-likeness (QED) is 0.0196. The number of aliphatic carboxylic acids is 1. The van der Waals surface area contributed by atoms with E-state index in [0.29, 0.717) is 23.9 Å². The summed E-state index contributed by atoms with van der Waals surface area (Å²) in [7, 11) is 5.91. The van der Waals surface area contributed by atoms with Crippen molar-refractivity contribution in [3.8, 4) is 0 Å². The Morgan fingerprint density at radius 3 is 1.31 bits per heavy atom. The number of esters is 2. The molecule has 2 unspecified atom stereocenters. The summed E-state index contributed by atoms with van der Waals surface area (Å²) in [5.74, 6) is -2.29. The lowest BCUT2D eigenvalue weighted by Crippen LogP contribution is -2.44. The Balaban J connectivity index is 4.33. The topological polar surface area (TPSA) is 111 Å². The van der Waals surface area contributed by atoms with Crippen molar-refractivity contribution in [3.05, 3.63) is 36.5 Å². The molecule has 0 saturated heterocycles. The first-order valence-corrected chi connectivity index (χ1v) is 25.1. The highest BCUT2D eigenvalue weighted by molar-refractivity contribution is 5.70. The molecule has 0 rings (SSSR count). The Kier molecular flexibility index (Phi) is 42.3. The largest absolute Gasteiger partial charge is 0.545 e. The molecule has 0 fully saturated rings. The van der Waals surface area contributed by atoms with E-state index in [2.05, 4.69) is 50.3 Å². The SMILES string of the molecule is CCCCCCC/C=C\C/C=C\C/C=C\CCCCCCCCCCC(=O)OC(COC(=O)CCCCCCCCCCCCCCC)COC(OCC[N+](C)(C)C)C(=O)[O-]. The minimum Gasteiger partial charge on any atom is -0.545 e. The van der Waals surface area contributed by atoms with Crippen LogP contribution in [0.2, 0.25) is 0 Å². The molecular weight excluding hydrogens is 767 g/mol. The van der Waals surface area contributed by atoms with Gasteiger partial charge in [-0.25, -0.2) is 0 Å². The van der Waals surface area contributed by atoms with Crippen LogP contribution in [0.25, 0.3) is 0 Å². The molecule has 0 N–H and O–H groups in total. The lowest BCUT2D eigenvalue weighted by atomic mass is 10.0. The standard InChI is InChI=1S/C52H95NO8/c1-6-8-10-12-14-16-18-20-21-22-23-24-25-26-27-28-29-31-33-35-37-39-41-43-50(55)61-48(47-60-52(51(56)57)58-45-44-53(3,4)5)46-59-49(54)42-40-38-36-34-32-30-19-17-15-13-11-9-7-2/h18,20,22-23,25-26,48,52H,6-17,19,21,24,27-47H2,1-5H3/b20-18-,23-22-,26-25-. The lowest BCUT2D eigenvalue weighted by Gasteiger charge is -2.26. The molecule has 0 bridgehead atoms. The fourth-order valence-electron chi connectivity index (χ4n) is 6.95. The van der Waals surface area contributed by atoms with Gasteiger partial charge in [-0.05, 0) is 51.4 Å². The molecule has 0 aromatic rings. The number of ether oxygens (including phenoxy) is 4. The normalized spacial score (nSPS) is 13.1. The number of carbonyl (C=O) groups is 3. The van der Waals surface area contributed by atoms with Crippen LogP contribution in [0.4, 0.5) is 0 Å². The maximum absolute atomic E-state index is 12.8. The molecular formula is C52H95NO8. The average molecular weight is 862 g/mol. The maximum atomic E-state index is 12.8. The van der Waals surface area contributed by atoms with E-state index in [4.69, 9.17) is 18.9 Å². The van der Waals surface area contributed by atoms with E-state index in [-0.39, 0.29) is 32.2 Å². The van der Waals surface area contributed by atoms with Crippen LogP contribution < -0.4 is 5.11 Å². The van der Waals surface area contributed by atoms with Crippen molar-refractivity contribution in [2.45, 2.75) is 232 Å². The molecule has 0 radical (unpaired) electrons. The van der Waals surface area contributed by atoms with Gasteiger partial charge in [0, 0.05) is 12.8 Å². The predicted octanol–water partition coefficient (Wildman–Crippen LogP) is 12.4. The van der Waals surface area contributed by atoms with Gasteiger partial charge in [0.1, 0.15) is 13.2 Å². The molecule has 2 atom stereocenters. The van der Waals surface area contributed by atoms with Gasteiger partial charge in [-0.2, -0.15) is 0 Å². The number of carbonyl (C=O) groups excluding carboxylic acids is 3. The van der Waals surface area contributed by atoms with Crippen LogP contribution in [0.1, 0.15) is 219 Å². The van der Waals surface area contributed by atoms with Crippen molar-refractivity contribution in [1.82, 2.24) is 0 Å². The average Bonchev–Trinajstić information content (AvgIpc) is 3.22. The molecule has 0 aromatic carbocycles. The zero-order chi connectivity index (χ0) is 44.9. The second-order valence-electron chi connectivity index (χ2n) is 18.1. The number of quaternary nitrogens is 1. The summed E-state index contributed by atoms with van der Waals surface area (Å²) in [5.41, 5.74) is 0. The van der Waals surface area contributed by atoms with E-state index < -0.39 is 24.3 Å². The molecule has 0 aromatic heterocycles. The van der Waals surface area contributed by atoms with E-state index in [1.165, 1.54) is 128 Å². The second kappa shape index (κ2) is 44.1. The summed E-state index contributed by atoms with van der Waals surface area (Å²) >= 11 is 0. The fraction of sp³-hybridized carbons (Fsp3) is 0.827. The van der Waals surface area contributed by atoms with Crippen molar-refractivity contribution in [2.24, 2.45) is 0 Å². The first-order valence-electron chi connectivity index (χ1n) is 25.1. The number of unbranched alkanes of at least 4 members (excludes halogenated alkanes) is 25. The van der Waals surface area contributed by atoms with Crippen molar-refractivity contribution in [3.63, 3.8) is 0 Å². The van der Waals surface area contributed by atoms with Crippen LogP contribution in [-0.2, 0) is 33.3 Å². The summed E-state index contributed by atoms with van der Waals surface area (Å²) in [6.07, 6.45) is 47.4. The molecule has 0 spiro atoms. The Hall–Kier alpha value is -2.49. The zero-order valence-electron chi connectivity index (χ0n) is 40.3. The van der Waals surface area contributed by atoms with Crippen LogP contribution in [0.15, 0.2) is 36.5 Å². The summed E-state index contributed by atoms with van der Waals surface area (Å²) in [6, 6.07) is 0. The van der Waals surface area contributed by atoms with Gasteiger partial charge in [-0.1, -0.05) is 192 Å². The smallest absolute Gasteiger partial charge is 0.306 e. The van der Waals surface area contributed by atoms with Gasteiger partial charge in [0.2, 0.25) is 0 Å². The summed E-state index contributed by atoms with van der Waals surface area (Å²) in [5, 5.41) is 11.7. The number of rotatable bonds is 46. The molecule has 9 heteroatoms. The van der Waals surface area contributed by atoms with E-state index in [1.54, 1.807) is 0 Å². The van der Waals surface area contributed by atoms with Crippen molar-refractivity contribution in [2.75, 3.05) is 47.5 Å². The Bertz CT molecular complexity index is 1100. The number of hydrogen-bond acceptors (Lipinski definition) is 8. The molecule has 0 heterocycles. The van der Waals surface area contributed by atoms with Gasteiger partial charge in [0.25, 0.3) is 0 Å². The summed E-state index contributed by atoms with van der Waals surface area (Å²) < 4.78 is 22.6. The highest BCUT2D eigenvalue weighted by Crippen LogP contribution is 2.15. The predicted molar refractivity (Wildman–Crippen MR) is 251 cm³/mol. The number of hydrogen-bond donors (Lipinski definition) is 0. The van der Waals surface area contributed by atoms with Crippen LogP contribution in [0, 0.1) is 0 Å². The second-order valence-corrected chi connectivity index (χ2v) is 18.1. The van der Waals surface area contributed by atoms with Crippen LogP contribution >= 0.6 is 0 Å². The number of allylic oxidation sites excluding steroid dienone is 6. The van der Waals surface area contributed by atoms with Gasteiger partial charge >= 0.3 is 11.9 Å². The number of carboxylic acid groups (broad SMARTS) is 1. The molecule has 0 amide bonds. The third kappa shape index (κ3) is 45.4. The molecule has 0 aliphatic rings. The molecule has 356 valence electrons. The number of likely N-dealkylation sites (N-methyl/N-ethyl adjacent to an activating group) is 1. The van der Waals surface area contributed by atoms with E-state index in [1.807, 2.05) is 21.1 Å². The maximum Gasteiger partial charge on any atom is 0.306 e. The minimum absolute atomic E-state index is 0.147. The van der Waals surface area contributed by atoms with E-state index >= 15 is 0 Å². The lowest BCUT2D eigenvalue weighted by molar-refractivity contribution is -0.870. The van der Waals surface area contributed by atoms with Gasteiger partial charge in [0.05, 0.1) is 40.3 Å². The van der Waals surface area contributed by atoms with Crippen molar-refractivity contribution >= 4 is 17.9 Å². The molecule has 61 heavy (non-hydrogen) atoms. The fourth-order valence-corrected chi connectivity index (χ4v) is 6.95. The minimum atomic E-state index is -1.62. The van der Waals surface area contributed by atoms with Crippen LogP contribution in [0.5, 0.6) is 0 Å². The molecule has 0 aliphatic carbocycles. The van der Waals surface area contributed by atoms with Gasteiger partial charge in [-0.3, -0.25) is 9.59 Å². The number of nitrogens with zero attached hydrogens (tertiary/aromatic N) is 1. The van der Waals surface area contributed by atoms with Gasteiger partial charge < -0.3 is 33.3 Å². The third-order valence-corrected chi connectivity index (χ3v) is 10.9. The van der Waals surface area contributed by atoms with E-state index in [9.17, 15) is 19.5 Å². The van der Waals surface area contributed by atoms with Crippen molar-refractivity contribution in [1.29, 1.82) is 0 Å². The monoisotopic (exact) mass is 862 g/mol. The first-order chi connectivity index (χ1) is 29.6. The van der Waals surface area contributed by atoms with Gasteiger partial charge in [-0.15, -0.1) is 0 Å². The molecule has 0 aliphatic heterocycles. The van der Waals surface area contributed by atoms with Crippen LogP contribution in [-0.4, -0.2) is 82.3 Å². The van der Waals surface area contributed by atoms with Crippen LogP contribution in [0.3, 0.4) is 0 Å². The van der Waals surface area contributed by atoms with Crippen molar-refractivity contribution < 1.29 is 42.9 Å². The van der Waals surface area contributed by atoms with E-state index in [0.717, 1.165) is 57.8 Å². The Labute approximate surface area is 375 Å².